The van der Waals surface area contributed by atoms with Gasteiger partial charge in [0, 0.05) is 24.1 Å². The van der Waals surface area contributed by atoms with Gasteiger partial charge in [-0.15, -0.1) is 0 Å². The van der Waals surface area contributed by atoms with Crippen molar-refractivity contribution in [1.82, 2.24) is 15.0 Å². The number of benzene rings is 2. The number of ether oxygens (including phenoxy) is 1. The summed E-state index contributed by atoms with van der Waals surface area (Å²) in [6, 6.07) is 4.55. The zero-order chi connectivity index (χ0) is 29.9. The molecule has 1 N–H and O–H groups in total. The Morgan fingerprint density at radius 1 is 1.07 bits per heavy atom. The number of halogens is 4. The van der Waals surface area contributed by atoms with Gasteiger partial charge in [-0.25, -0.2) is 9.18 Å². The van der Waals surface area contributed by atoms with Crippen LogP contribution in [0.1, 0.15) is 67.9 Å². The van der Waals surface area contributed by atoms with E-state index in [2.05, 4.69) is 17.1 Å². The number of aromatic carboxylic acids is 1. The third-order valence-electron chi connectivity index (χ3n) is 7.30. The molecule has 1 aliphatic carbocycles. The number of aryl methyl sites for hydroxylation is 2. The highest BCUT2D eigenvalue weighted by Crippen LogP contribution is 2.41. The summed E-state index contributed by atoms with van der Waals surface area (Å²) in [6.07, 6.45) is 1.27. The van der Waals surface area contributed by atoms with Gasteiger partial charge in [-0.3, -0.25) is 4.79 Å². The predicted molar refractivity (Wildman–Crippen MR) is 142 cm³/mol. The minimum atomic E-state index is -4.83. The zero-order valence-corrected chi connectivity index (χ0v) is 23.0. The summed E-state index contributed by atoms with van der Waals surface area (Å²) < 4.78 is 62.6. The molecule has 4 rings (SSSR count). The van der Waals surface area contributed by atoms with Crippen molar-refractivity contribution in [1.29, 1.82) is 0 Å². The second-order valence-corrected chi connectivity index (χ2v) is 10.7. The van der Waals surface area contributed by atoms with Crippen molar-refractivity contribution in [3.8, 4) is 11.5 Å². The summed E-state index contributed by atoms with van der Waals surface area (Å²) in [7, 11) is 0. The fourth-order valence-corrected chi connectivity index (χ4v) is 5.10. The molecule has 41 heavy (non-hydrogen) atoms. The van der Waals surface area contributed by atoms with Crippen molar-refractivity contribution in [2.24, 2.45) is 11.8 Å². The van der Waals surface area contributed by atoms with Crippen LogP contribution < -0.4 is 9.64 Å². The molecule has 0 saturated heterocycles. The SMILES string of the molecule is CC1CCC(C(=O)N(c2cc(F)c(Oc3ccc(CCn4nccn4)cc3C(F)(F)F)cc2C(=O)O)C(C)C)CC1. The first-order valence-corrected chi connectivity index (χ1v) is 13.5. The number of carboxylic acids is 1. The van der Waals surface area contributed by atoms with E-state index in [0.29, 0.717) is 24.3 Å². The normalized spacial score (nSPS) is 17.5. The lowest BCUT2D eigenvalue weighted by molar-refractivity contribution is -0.138. The van der Waals surface area contributed by atoms with Crippen LogP contribution in [0.25, 0.3) is 0 Å². The molecule has 12 heteroatoms. The summed E-state index contributed by atoms with van der Waals surface area (Å²) in [4.78, 5) is 28.3. The van der Waals surface area contributed by atoms with E-state index in [0.717, 1.165) is 37.1 Å². The third kappa shape index (κ3) is 7.04. The number of aromatic nitrogens is 3. The number of amides is 1. The Kier molecular flexibility index (Phi) is 8.98. The van der Waals surface area contributed by atoms with Crippen LogP contribution in [0, 0.1) is 17.7 Å². The summed E-state index contributed by atoms with van der Waals surface area (Å²) in [5, 5.41) is 17.8. The Hall–Kier alpha value is -3.96. The minimum absolute atomic E-state index is 0.167. The number of hydrogen-bond donors (Lipinski definition) is 1. The summed E-state index contributed by atoms with van der Waals surface area (Å²) in [6.45, 7) is 5.73. The molecule has 1 fully saturated rings. The maximum absolute atomic E-state index is 15.4. The van der Waals surface area contributed by atoms with Crippen molar-refractivity contribution < 1.29 is 37.0 Å². The number of hydrogen-bond acceptors (Lipinski definition) is 5. The molecule has 0 spiro atoms. The van der Waals surface area contributed by atoms with Gasteiger partial charge >= 0.3 is 12.1 Å². The van der Waals surface area contributed by atoms with E-state index < -0.39 is 46.6 Å². The van der Waals surface area contributed by atoms with Crippen molar-refractivity contribution >= 4 is 17.6 Å². The van der Waals surface area contributed by atoms with Crippen molar-refractivity contribution in [3.05, 3.63) is 65.2 Å². The Labute approximate surface area is 234 Å². The highest BCUT2D eigenvalue weighted by molar-refractivity contribution is 6.03. The first-order valence-electron chi connectivity index (χ1n) is 13.5. The van der Waals surface area contributed by atoms with Gasteiger partial charge in [0.25, 0.3) is 0 Å². The van der Waals surface area contributed by atoms with Crippen LogP contribution in [0.3, 0.4) is 0 Å². The number of carboxylic acid groups (broad SMARTS) is 1. The highest BCUT2D eigenvalue weighted by atomic mass is 19.4. The molecule has 0 bridgehead atoms. The lowest BCUT2D eigenvalue weighted by atomic mass is 9.82. The zero-order valence-electron chi connectivity index (χ0n) is 23.0. The third-order valence-corrected chi connectivity index (χ3v) is 7.30. The maximum Gasteiger partial charge on any atom is 0.419 e. The lowest BCUT2D eigenvalue weighted by Gasteiger charge is -2.34. The average molecular weight is 577 g/mol. The first-order chi connectivity index (χ1) is 19.3. The number of anilines is 1. The largest absolute Gasteiger partial charge is 0.478 e. The van der Waals surface area contributed by atoms with Gasteiger partial charge in [0.05, 0.1) is 35.8 Å². The van der Waals surface area contributed by atoms with Gasteiger partial charge in [0.2, 0.25) is 5.91 Å². The van der Waals surface area contributed by atoms with Crippen LogP contribution in [0.2, 0.25) is 0 Å². The Morgan fingerprint density at radius 2 is 1.73 bits per heavy atom. The molecule has 0 aliphatic heterocycles. The minimum Gasteiger partial charge on any atom is -0.478 e. The maximum atomic E-state index is 15.4. The number of nitrogens with zero attached hydrogens (tertiary/aromatic N) is 4. The fraction of sp³-hybridized carbons (Fsp3) is 0.448. The second-order valence-electron chi connectivity index (χ2n) is 10.7. The van der Waals surface area contributed by atoms with Gasteiger partial charge < -0.3 is 14.7 Å². The number of alkyl halides is 3. The summed E-state index contributed by atoms with van der Waals surface area (Å²) >= 11 is 0. The molecular formula is C29H32F4N4O4. The van der Waals surface area contributed by atoms with Gasteiger partial charge in [-0.2, -0.15) is 28.2 Å². The van der Waals surface area contributed by atoms with Crippen molar-refractivity contribution in [3.63, 3.8) is 0 Å². The van der Waals surface area contributed by atoms with E-state index in [1.165, 1.54) is 28.2 Å². The van der Waals surface area contributed by atoms with E-state index in [4.69, 9.17) is 4.74 Å². The molecule has 8 nitrogen and oxygen atoms in total. The molecule has 0 radical (unpaired) electrons. The molecule has 2 aromatic carbocycles. The predicted octanol–water partition coefficient (Wildman–Crippen LogP) is 6.74. The van der Waals surface area contributed by atoms with E-state index in [1.54, 1.807) is 13.8 Å². The van der Waals surface area contributed by atoms with E-state index in [9.17, 15) is 27.9 Å². The van der Waals surface area contributed by atoms with E-state index >= 15 is 4.39 Å². The van der Waals surface area contributed by atoms with Crippen molar-refractivity contribution in [2.45, 2.75) is 71.6 Å². The molecule has 1 aromatic heterocycles. The van der Waals surface area contributed by atoms with Crippen LogP contribution in [0.15, 0.2) is 42.7 Å². The monoisotopic (exact) mass is 576 g/mol. The number of carbonyl (C=O) groups is 2. The fourth-order valence-electron chi connectivity index (χ4n) is 5.10. The summed E-state index contributed by atoms with van der Waals surface area (Å²) in [5.74, 6) is -4.10. The Morgan fingerprint density at radius 3 is 2.32 bits per heavy atom. The number of carbonyl (C=O) groups excluding carboxylic acids is 1. The molecule has 1 amide bonds. The quantitative estimate of drug-likeness (QED) is 0.284. The standard InChI is InChI=1S/C29H32F4N4O4/c1-17(2)37(27(38)20-7-4-18(3)5-8-20)24-16-23(30)26(15-21(24)28(39)40)41-25-9-6-19(14-22(25)29(31,32)33)10-13-36-34-11-12-35-36/h6,9,11-12,14-18,20H,4-5,7-8,10,13H2,1-3H3,(H,39,40). The lowest BCUT2D eigenvalue weighted by Crippen LogP contribution is -2.43. The molecule has 1 heterocycles. The van der Waals surface area contributed by atoms with E-state index in [1.807, 2.05) is 0 Å². The summed E-state index contributed by atoms with van der Waals surface area (Å²) in [5.41, 5.74) is -1.44. The van der Waals surface area contributed by atoms with Crippen LogP contribution in [0.5, 0.6) is 11.5 Å². The molecule has 1 aliphatic rings. The Bertz CT molecular complexity index is 1380. The molecule has 3 aromatic rings. The van der Waals surface area contributed by atoms with Gasteiger partial charge in [0.15, 0.2) is 11.6 Å². The van der Waals surface area contributed by atoms with Crippen LogP contribution in [-0.4, -0.2) is 38.0 Å². The molecule has 0 unspecified atom stereocenters. The first kappa shape index (κ1) is 30.0. The van der Waals surface area contributed by atoms with E-state index in [-0.39, 0.29) is 30.5 Å². The average Bonchev–Trinajstić information content (AvgIpc) is 3.42. The van der Waals surface area contributed by atoms with Crippen LogP contribution in [-0.2, 0) is 23.9 Å². The topological polar surface area (TPSA) is 97.5 Å². The van der Waals surface area contributed by atoms with Gasteiger partial charge in [-0.1, -0.05) is 13.0 Å². The van der Waals surface area contributed by atoms with Gasteiger partial charge in [-0.05, 0) is 69.6 Å². The second kappa shape index (κ2) is 12.3. The highest BCUT2D eigenvalue weighted by Gasteiger charge is 2.36. The van der Waals surface area contributed by atoms with Crippen molar-refractivity contribution in [2.75, 3.05) is 4.90 Å². The van der Waals surface area contributed by atoms with Crippen LogP contribution in [0.4, 0.5) is 23.2 Å². The smallest absolute Gasteiger partial charge is 0.419 e. The molecular weight excluding hydrogens is 544 g/mol. The van der Waals surface area contributed by atoms with Crippen LogP contribution >= 0.6 is 0 Å². The Balaban J connectivity index is 1.66. The number of rotatable bonds is 9. The molecule has 220 valence electrons. The molecule has 1 saturated carbocycles. The van der Waals surface area contributed by atoms with Gasteiger partial charge in [0.1, 0.15) is 5.75 Å². The molecule has 0 atom stereocenters.